The minimum Gasteiger partial charge on any atom is -0.312 e. The number of aryl methyl sites for hydroxylation is 1. The van der Waals surface area contributed by atoms with Crippen molar-refractivity contribution < 1.29 is 14.6 Å². The zero-order chi connectivity index (χ0) is 21.0. The molecule has 0 atom stereocenters. The summed E-state index contributed by atoms with van der Waals surface area (Å²) in [4.78, 5) is 23.1. The van der Waals surface area contributed by atoms with E-state index in [9.17, 15) is 10.1 Å². The van der Waals surface area contributed by atoms with E-state index in [1.165, 1.54) is 31.4 Å². The van der Waals surface area contributed by atoms with Gasteiger partial charge in [0.05, 0.1) is 24.8 Å². The highest BCUT2D eigenvalue weighted by molar-refractivity contribution is 7.80. The molecule has 0 saturated carbocycles. The fourth-order valence-corrected chi connectivity index (χ4v) is 3.81. The molecule has 0 bridgehead atoms. The minimum absolute atomic E-state index is 0.0447. The molecular weight excluding hydrogens is 392 g/mol. The first kappa shape index (κ1) is 21.1. The lowest BCUT2D eigenvalue weighted by atomic mass is 9.99. The van der Waals surface area contributed by atoms with Crippen molar-refractivity contribution in [3.63, 3.8) is 0 Å². The average molecular weight is 417 g/mol. The van der Waals surface area contributed by atoms with Crippen LogP contribution >= 0.6 is 12.2 Å². The second kappa shape index (κ2) is 9.27. The largest absolute Gasteiger partial charge is 0.312 e. The van der Waals surface area contributed by atoms with Gasteiger partial charge >= 0.3 is 0 Å². The van der Waals surface area contributed by atoms with Crippen LogP contribution in [0.25, 0.3) is 0 Å². The Labute approximate surface area is 175 Å². The first-order valence-electron chi connectivity index (χ1n) is 9.32. The number of hydrogen-bond donors (Lipinski definition) is 1. The van der Waals surface area contributed by atoms with E-state index < -0.39 is 4.92 Å². The Kier molecular flexibility index (Phi) is 6.75. The Balaban J connectivity index is 2.14. The summed E-state index contributed by atoms with van der Waals surface area (Å²) in [6, 6.07) is 10.9. The molecule has 1 aliphatic heterocycles. The number of nitro groups is 1. The summed E-state index contributed by atoms with van der Waals surface area (Å²) in [5, 5.41) is 16.0. The van der Waals surface area contributed by atoms with Crippen LogP contribution in [0.15, 0.2) is 36.4 Å². The normalized spacial score (nSPS) is 12.9. The monoisotopic (exact) mass is 416 g/mol. The SMILES string of the molecule is CCc1cc([N+](=O)[O-])ccc1N(C(=S)N(OC)OC)c1ccc2c(c1)CCNC2. The van der Waals surface area contributed by atoms with Gasteiger partial charge in [-0.1, -0.05) is 18.2 Å². The summed E-state index contributed by atoms with van der Waals surface area (Å²) in [5.41, 5.74) is 4.93. The molecule has 9 heteroatoms. The van der Waals surface area contributed by atoms with Crippen LogP contribution < -0.4 is 10.2 Å². The number of hydrogen-bond acceptors (Lipinski definition) is 6. The molecule has 29 heavy (non-hydrogen) atoms. The molecule has 0 spiro atoms. The van der Waals surface area contributed by atoms with E-state index in [1.54, 1.807) is 12.1 Å². The van der Waals surface area contributed by atoms with Gasteiger partial charge in [0.2, 0.25) is 5.11 Å². The third-order valence-electron chi connectivity index (χ3n) is 4.91. The lowest BCUT2D eigenvalue weighted by Gasteiger charge is -2.32. The topological polar surface area (TPSA) is 80.1 Å². The molecule has 1 aliphatic rings. The predicted octanol–water partition coefficient (Wildman–Crippen LogP) is 3.65. The number of anilines is 2. The highest BCUT2D eigenvalue weighted by atomic mass is 32.1. The molecule has 2 aromatic carbocycles. The molecule has 0 aromatic heterocycles. The number of thiocarbonyl (C=S) groups is 1. The number of non-ortho nitro benzene ring substituents is 1. The molecule has 0 amide bonds. The van der Waals surface area contributed by atoms with Gasteiger partial charge in [0, 0.05) is 24.4 Å². The number of nitrogens with one attached hydrogen (secondary N) is 1. The molecule has 3 rings (SSSR count). The van der Waals surface area contributed by atoms with Gasteiger partial charge in [0.1, 0.15) is 0 Å². The van der Waals surface area contributed by atoms with Crippen molar-refractivity contribution in [3.8, 4) is 0 Å². The van der Waals surface area contributed by atoms with Crippen LogP contribution in [-0.4, -0.2) is 36.0 Å². The Morgan fingerprint density at radius 3 is 2.62 bits per heavy atom. The standard InChI is InChI=1S/C20H24N4O4S/c1-4-14-11-18(23(25)26)7-8-19(14)22(20(29)24(27-2)28-3)17-6-5-16-13-21-10-9-15(16)12-17/h5-8,11-12,21H,4,9-10,13H2,1-3H3. The van der Waals surface area contributed by atoms with Crippen LogP contribution in [0.1, 0.15) is 23.6 Å². The van der Waals surface area contributed by atoms with Gasteiger partial charge in [-0.15, -0.1) is 0 Å². The van der Waals surface area contributed by atoms with Gasteiger partial charge in [-0.3, -0.25) is 15.0 Å². The van der Waals surface area contributed by atoms with Crippen molar-refractivity contribution in [2.45, 2.75) is 26.3 Å². The van der Waals surface area contributed by atoms with Gasteiger partial charge in [-0.2, -0.15) is 0 Å². The quantitative estimate of drug-likeness (QED) is 0.434. The van der Waals surface area contributed by atoms with Crippen LogP contribution in [0.5, 0.6) is 0 Å². The van der Waals surface area contributed by atoms with Crippen molar-refractivity contribution in [1.29, 1.82) is 0 Å². The third-order valence-corrected chi connectivity index (χ3v) is 5.24. The van der Waals surface area contributed by atoms with Gasteiger partial charge in [-0.25, -0.2) is 9.68 Å². The Morgan fingerprint density at radius 2 is 1.97 bits per heavy atom. The molecular formula is C20H24N4O4S. The van der Waals surface area contributed by atoms with E-state index in [-0.39, 0.29) is 10.8 Å². The summed E-state index contributed by atoms with van der Waals surface area (Å²) in [6.45, 7) is 3.70. The van der Waals surface area contributed by atoms with Crippen molar-refractivity contribution in [2.24, 2.45) is 0 Å². The lowest BCUT2D eigenvalue weighted by Crippen LogP contribution is -2.40. The number of fused-ring (bicyclic) bond motifs is 1. The Bertz CT molecular complexity index is 917. The zero-order valence-corrected chi connectivity index (χ0v) is 17.5. The van der Waals surface area contributed by atoms with Crippen LogP contribution in [-0.2, 0) is 29.1 Å². The molecule has 0 unspecified atom stereocenters. The van der Waals surface area contributed by atoms with Gasteiger partial charge in [0.25, 0.3) is 5.69 Å². The number of hydroxylamine groups is 2. The second-order valence-corrected chi connectivity index (χ2v) is 6.91. The van der Waals surface area contributed by atoms with Crippen LogP contribution in [0.4, 0.5) is 17.1 Å². The van der Waals surface area contributed by atoms with E-state index in [2.05, 4.69) is 17.4 Å². The molecule has 1 heterocycles. The number of benzene rings is 2. The molecule has 0 fully saturated rings. The number of rotatable bonds is 6. The smallest absolute Gasteiger partial charge is 0.269 e. The Hall–Kier alpha value is -2.59. The number of nitrogens with zero attached hydrogens (tertiary/aromatic N) is 3. The molecule has 1 N–H and O–H groups in total. The van der Waals surface area contributed by atoms with Crippen LogP contribution in [0.2, 0.25) is 0 Å². The van der Waals surface area contributed by atoms with E-state index >= 15 is 0 Å². The summed E-state index contributed by atoms with van der Waals surface area (Å²) in [5.74, 6) is 0. The average Bonchev–Trinajstić information content (AvgIpc) is 2.74. The maximum atomic E-state index is 11.2. The van der Waals surface area contributed by atoms with E-state index in [4.69, 9.17) is 21.9 Å². The molecule has 0 aliphatic carbocycles. The van der Waals surface area contributed by atoms with Crippen molar-refractivity contribution >= 4 is 34.4 Å². The van der Waals surface area contributed by atoms with Crippen molar-refractivity contribution in [2.75, 3.05) is 25.7 Å². The van der Waals surface area contributed by atoms with Crippen LogP contribution in [0.3, 0.4) is 0 Å². The third kappa shape index (κ3) is 4.38. The van der Waals surface area contributed by atoms with Gasteiger partial charge in [-0.05, 0) is 66.5 Å². The number of nitro benzene ring substituents is 1. The van der Waals surface area contributed by atoms with E-state index in [0.29, 0.717) is 6.42 Å². The highest BCUT2D eigenvalue weighted by Crippen LogP contribution is 2.34. The first-order chi connectivity index (χ1) is 14.0. The fourth-order valence-electron chi connectivity index (χ4n) is 3.45. The maximum Gasteiger partial charge on any atom is 0.269 e. The molecule has 8 nitrogen and oxygen atoms in total. The minimum atomic E-state index is -0.395. The fraction of sp³-hybridized carbons (Fsp3) is 0.350. The molecule has 0 saturated heterocycles. The zero-order valence-electron chi connectivity index (χ0n) is 16.7. The Morgan fingerprint density at radius 1 is 1.21 bits per heavy atom. The molecule has 154 valence electrons. The summed E-state index contributed by atoms with van der Waals surface area (Å²) >= 11 is 5.66. The summed E-state index contributed by atoms with van der Waals surface area (Å²) in [7, 11) is 2.92. The van der Waals surface area contributed by atoms with Crippen molar-refractivity contribution in [1.82, 2.24) is 10.5 Å². The second-order valence-electron chi connectivity index (χ2n) is 6.54. The van der Waals surface area contributed by atoms with Gasteiger partial charge in [0.15, 0.2) is 0 Å². The van der Waals surface area contributed by atoms with Gasteiger partial charge < -0.3 is 5.32 Å². The highest BCUT2D eigenvalue weighted by Gasteiger charge is 2.25. The summed E-state index contributed by atoms with van der Waals surface area (Å²) in [6.07, 6.45) is 1.52. The van der Waals surface area contributed by atoms with E-state index in [0.717, 1.165) is 41.7 Å². The molecule has 2 aromatic rings. The summed E-state index contributed by atoms with van der Waals surface area (Å²) < 4.78 is 0. The lowest BCUT2D eigenvalue weighted by molar-refractivity contribution is -0.384. The predicted molar refractivity (Wildman–Crippen MR) is 115 cm³/mol. The van der Waals surface area contributed by atoms with Crippen molar-refractivity contribution in [3.05, 3.63) is 63.2 Å². The van der Waals surface area contributed by atoms with E-state index in [1.807, 2.05) is 17.9 Å². The first-order valence-corrected chi connectivity index (χ1v) is 9.73. The van der Waals surface area contributed by atoms with Crippen LogP contribution in [0, 0.1) is 10.1 Å². The molecule has 0 radical (unpaired) electrons. The maximum absolute atomic E-state index is 11.2.